The van der Waals surface area contributed by atoms with Crippen molar-refractivity contribution < 1.29 is 4.39 Å². The summed E-state index contributed by atoms with van der Waals surface area (Å²) in [6, 6.07) is 6.80. The maximum absolute atomic E-state index is 12.6. The predicted molar refractivity (Wildman–Crippen MR) is 50.9 cm³/mol. The fourth-order valence-corrected chi connectivity index (χ4v) is 1.79. The fourth-order valence-electron chi connectivity index (χ4n) is 1.79. The molecule has 0 saturated carbocycles. The molecule has 0 N–H and O–H groups in total. The van der Waals surface area contributed by atoms with Gasteiger partial charge in [0.2, 0.25) is 0 Å². The second kappa shape index (κ2) is 3.88. The molecule has 0 amide bonds. The van der Waals surface area contributed by atoms with Gasteiger partial charge in [-0.3, -0.25) is 4.90 Å². The smallest absolute Gasteiger partial charge is 0.123 e. The average Bonchev–Trinajstić information content (AvgIpc) is 2.62. The van der Waals surface area contributed by atoms with E-state index in [4.69, 9.17) is 0 Å². The Balaban J connectivity index is 1.97. The Morgan fingerprint density at radius 2 is 1.69 bits per heavy atom. The van der Waals surface area contributed by atoms with E-state index >= 15 is 0 Å². The molecule has 13 heavy (non-hydrogen) atoms. The van der Waals surface area contributed by atoms with Crippen LogP contribution in [-0.2, 0) is 6.54 Å². The monoisotopic (exact) mass is 179 g/mol. The van der Waals surface area contributed by atoms with Gasteiger partial charge < -0.3 is 0 Å². The van der Waals surface area contributed by atoms with E-state index in [1.165, 1.54) is 43.6 Å². The molecule has 0 aromatic heterocycles. The number of likely N-dealkylation sites (tertiary alicyclic amines) is 1. The first-order valence-electron chi connectivity index (χ1n) is 4.81. The number of rotatable bonds is 2. The van der Waals surface area contributed by atoms with Crippen LogP contribution in [0.3, 0.4) is 0 Å². The first-order valence-corrected chi connectivity index (χ1v) is 4.81. The summed E-state index contributed by atoms with van der Waals surface area (Å²) in [4.78, 5) is 2.41. The first-order chi connectivity index (χ1) is 6.34. The Bertz CT molecular complexity index is 262. The van der Waals surface area contributed by atoms with Crippen LogP contribution < -0.4 is 0 Å². The summed E-state index contributed by atoms with van der Waals surface area (Å²) in [5.41, 5.74) is 1.21. The summed E-state index contributed by atoms with van der Waals surface area (Å²) in [6.07, 6.45) is 2.61. The summed E-state index contributed by atoms with van der Waals surface area (Å²) in [6.45, 7) is 3.36. The van der Waals surface area contributed by atoms with Crippen molar-refractivity contribution in [2.24, 2.45) is 0 Å². The summed E-state index contributed by atoms with van der Waals surface area (Å²) < 4.78 is 12.6. The quantitative estimate of drug-likeness (QED) is 0.674. The predicted octanol–water partition coefficient (Wildman–Crippen LogP) is 2.42. The Kier molecular flexibility index (Phi) is 2.60. The minimum absolute atomic E-state index is 0.148. The lowest BCUT2D eigenvalue weighted by atomic mass is 10.2. The van der Waals surface area contributed by atoms with Gasteiger partial charge in [-0.15, -0.1) is 0 Å². The molecule has 70 valence electrons. The summed E-state index contributed by atoms with van der Waals surface area (Å²) in [5, 5.41) is 0. The SMILES string of the molecule is Fc1ccc(CN2CCCC2)cc1. The van der Waals surface area contributed by atoms with E-state index in [2.05, 4.69) is 4.90 Å². The van der Waals surface area contributed by atoms with Crippen molar-refractivity contribution >= 4 is 0 Å². The van der Waals surface area contributed by atoms with Crippen molar-refractivity contribution in [2.45, 2.75) is 19.4 Å². The second-order valence-electron chi connectivity index (χ2n) is 3.61. The molecular weight excluding hydrogens is 165 g/mol. The molecule has 1 nitrogen and oxygen atoms in total. The molecule has 2 heteroatoms. The highest BCUT2D eigenvalue weighted by molar-refractivity contribution is 5.15. The Morgan fingerprint density at radius 3 is 2.31 bits per heavy atom. The van der Waals surface area contributed by atoms with Crippen molar-refractivity contribution in [3.63, 3.8) is 0 Å². The lowest BCUT2D eigenvalue weighted by molar-refractivity contribution is 0.331. The van der Waals surface area contributed by atoms with Gasteiger partial charge in [0.25, 0.3) is 0 Å². The molecule has 1 aliphatic heterocycles. The topological polar surface area (TPSA) is 3.24 Å². The summed E-state index contributed by atoms with van der Waals surface area (Å²) in [7, 11) is 0. The zero-order valence-corrected chi connectivity index (χ0v) is 7.67. The number of halogens is 1. The Hall–Kier alpha value is -0.890. The van der Waals surface area contributed by atoms with E-state index < -0.39 is 0 Å². The van der Waals surface area contributed by atoms with Crippen LogP contribution in [0.2, 0.25) is 0 Å². The molecule has 1 heterocycles. The van der Waals surface area contributed by atoms with Crippen LogP contribution in [0.5, 0.6) is 0 Å². The van der Waals surface area contributed by atoms with Gasteiger partial charge >= 0.3 is 0 Å². The standard InChI is InChI=1S/C11H14FN/c12-11-5-3-10(4-6-11)9-13-7-1-2-8-13/h3-6H,1-2,7-9H2. The fraction of sp³-hybridized carbons (Fsp3) is 0.455. The molecule has 1 saturated heterocycles. The first kappa shape index (κ1) is 8.70. The highest BCUT2D eigenvalue weighted by atomic mass is 19.1. The molecule has 0 bridgehead atoms. The van der Waals surface area contributed by atoms with Crippen molar-refractivity contribution in [2.75, 3.05) is 13.1 Å². The minimum Gasteiger partial charge on any atom is -0.299 e. The van der Waals surface area contributed by atoms with Crippen LogP contribution in [0, 0.1) is 5.82 Å². The molecule has 0 spiro atoms. The van der Waals surface area contributed by atoms with Crippen LogP contribution in [0.15, 0.2) is 24.3 Å². The van der Waals surface area contributed by atoms with E-state index in [9.17, 15) is 4.39 Å². The zero-order chi connectivity index (χ0) is 9.10. The van der Waals surface area contributed by atoms with Crippen molar-refractivity contribution in [1.82, 2.24) is 4.90 Å². The van der Waals surface area contributed by atoms with Crippen molar-refractivity contribution in [3.05, 3.63) is 35.6 Å². The van der Waals surface area contributed by atoms with Gasteiger partial charge in [0.05, 0.1) is 0 Å². The van der Waals surface area contributed by atoms with Crippen LogP contribution in [-0.4, -0.2) is 18.0 Å². The van der Waals surface area contributed by atoms with Gasteiger partial charge in [0.15, 0.2) is 0 Å². The van der Waals surface area contributed by atoms with Crippen LogP contribution in [0.25, 0.3) is 0 Å². The van der Waals surface area contributed by atoms with Crippen LogP contribution in [0.1, 0.15) is 18.4 Å². The number of hydrogen-bond donors (Lipinski definition) is 0. The Labute approximate surface area is 78.2 Å². The van der Waals surface area contributed by atoms with Gasteiger partial charge in [0.1, 0.15) is 5.82 Å². The second-order valence-corrected chi connectivity index (χ2v) is 3.61. The average molecular weight is 179 g/mol. The van der Waals surface area contributed by atoms with E-state index in [1.54, 1.807) is 0 Å². The zero-order valence-electron chi connectivity index (χ0n) is 7.67. The molecule has 0 unspecified atom stereocenters. The maximum atomic E-state index is 12.6. The minimum atomic E-state index is -0.148. The third-order valence-electron chi connectivity index (χ3n) is 2.52. The molecule has 1 aliphatic rings. The molecule has 0 atom stereocenters. The number of nitrogens with zero attached hydrogens (tertiary/aromatic N) is 1. The largest absolute Gasteiger partial charge is 0.299 e. The van der Waals surface area contributed by atoms with E-state index in [0.717, 1.165) is 6.54 Å². The van der Waals surface area contributed by atoms with E-state index in [-0.39, 0.29) is 5.82 Å². The van der Waals surface area contributed by atoms with Crippen LogP contribution >= 0.6 is 0 Å². The van der Waals surface area contributed by atoms with E-state index in [1.807, 2.05) is 12.1 Å². The third kappa shape index (κ3) is 2.28. The molecule has 2 rings (SSSR count). The van der Waals surface area contributed by atoms with Gasteiger partial charge in [-0.1, -0.05) is 12.1 Å². The molecular formula is C11H14FN. The van der Waals surface area contributed by atoms with Crippen molar-refractivity contribution in [3.8, 4) is 0 Å². The molecule has 0 radical (unpaired) electrons. The lowest BCUT2D eigenvalue weighted by Gasteiger charge is -2.13. The molecule has 0 aliphatic carbocycles. The third-order valence-corrected chi connectivity index (χ3v) is 2.52. The summed E-state index contributed by atoms with van der Waals surface area (Å²) >= 11 is 0. The van der Waals surface area contributed by atoms with Gasteiger partial charge in [-0.2, -0.15) is 0 Å². The van der Waals surface area contributed by atoms with Gasteiger partial charge in [-0.05, 0) is 43.6 Å². The number of hydrogen-bond acceptors (Lipinski definition) is 1. The molecule has 1 aromatic carbocycles. The van der Waals surface area contributed by atoms with Gasteiger partial charge in [0, 0.05) is 6.54 Å². The Morgan fingerprint density at radius 1 is 1.08 bits per heavy atom. The van der Waals surface area contributed by atoms with Crippen molar-refractivity contribution in [1.29, 1.82) is 0 Å². The highest BCUT2D eigenvalue weighted by Gasteiger charge is 2.11. The molecule has 1 fully saturated rings. The number of benzene rings is 1. The lowest BCUT2D eigenvalue weighted by Crippen LogP contribution is -2.18. The molecule has 1 aromatic rings. The summed E-state index contributed by atoms with van der Waals surface area (Å²) in [5.74, 6) is -0.148. The van der Waals surface area contributed by atoms with Gasteiger partial charge in [-0.25, -0.2) is 4.39 Å². The normalized spacial score (nSPS) is 17.9. The highest BCUT2D eigenvalue weighted by Crippen LogP contribution is 2.12. The van der Waals surface area contributed by atoms with E-state index in [0.29, 0.717) is 0 Å². The van der Waals surface area contributed by atoms with Crippen LogP contribution in [0.4, 0.5) is 4.39 Å². The maximum Gasteiger partial charge on any atom is 0.123 e.